The van der Waals surface area contributed by atoms with Crippen LogP contribution in [0.3, 0.4) is 0 Å². The number of carbonyl (C=O) groups is 2. The van der Waals surface area contributed by atoms with Gasteiger partial charge < -0.3 is 19.3 Å². The van der Waals surface area contributed by atoms with Crippen LogP contribution < -0.4 is 0 Å². The topological polar surface area (TPSA) is 61.7 Å². The molecule has 0 spiro atoms. The molecule has 1 aromatic carbocycles. The van der Waals surface area contributed by atoms with Crippen molar-refractivity contribution in [1.82, 2.24) is 24.3 Å². The number of hydrogen-bond donors (Lipinski definition) is 0. The third-order valence-electron chi connectivity index (χ3n) is 8.66. The Balaban J connectivity index is 1.37. The first-order valence-electron chi connectivity index (χ1n) is 14.1. The van der Waals surface area contributed by atoms with Crippen molar-refractivity contribution in [2.75, 3.05) is 39.8 Å². The highest BCUT2D eigenvalue weighted by Crippen LogP contribution is 2.33. The van der Waals surface area contributed by atoms with Crippen LogP contribution in [0, 0.1) is 24.6 Å². The molecule has 2 saturated heterocycles. The fourth-order valence-electron chi connectivity index (χ4n) is 6.10. The number of carbonyl (C=O) groups excluding carboxylic acids is 2. The molecule has 8 heteroatoms. The summed E-state index contributed by atoms with van der Waals surface area (Å²) in [5.74, 6) is 0.727. The normalized spacial score (nSPS) is 17.2. The van der Waals surface area contributed by atoms with Gasteiger partial charge in [0.25, 0.3) is 5.91 Å². The van der Waals surface area contributed by atoms with E-state index in [1.807, 2.05) is 35.7 Å². The van der Waals surface area contributed by atoms with E-state index in [0.717, 1.165) is 63.1 Å². The SMILES string of the molecule is CC(=O)N1CC(CN2CCC(Cc3cn(-c4ccc(F)cc4C(=O)N(C)C(C)C)c4cncc(C)c34)CC2)C1. The second-order valence-electron chi connectivity index (χ2n) is 11.8. The van der Waals surface area contributed by atoms with Crippen molar-refractivity contribution in [2.24, 2.45) is 11.8 Å². The minimum Gasteiger partial charge on any atom is -0.342 e. The third-order valence-corrected chi connectivity index (χ3v) is 8.66. The second-order valence-corrected chi connectivity index (χ2v) is 11.8. The number of aryl methyl sites for hydroxylation is 1. The number of fused-ring (bicyclic) bond motifs is 1. The van der Waals surface area contributed by atoms with E-state index < -0.39 is 5.82 Å². The smallest absolute Gasteiger partial charge is 0.256 e. The first kappa shape index (κ1) is 27.3. The number of likely N-dealkylation sites (tertiary alicyclic amines) is 2. The lowest BCUT2D eigenvalue weighted by molar-refractivity contribution is -0.135. The molecule has 2 amide bonds. The summed E-state index contributed by atoms with van der Waals surface area (Å²) in [6.45, 7) is 12.7. The molecule has 208 valence electrons. The number of hydrogen-bond acceptors (Lipinski definition) is 4. The predicted octanol–water partition coefficient (Wildman–Crippen LogP) is 4.69. The highest BCUT2D eigenvalue weighted by Gasteiger charge is 2.31. The van der Waals surface area contributed by atoms with E-state index in [-0.39, 0.29) is 17.9 Å². The Morgan fingerprint density at radius 2 is 1.85 bits per heavy atom. The minimum atomic E-state index is -0.423. The molecule has 0 atom stereocenters. The fraction of sp³-hybridized carbons (Fsp3) is 0.516. The molecule has 7 nitrogen and oxygen atoms in total. The van der Waals surface area contributed by atoms with Gasteiger partial charge in [0, 0.05) is 63.3 Å². The maximum absolute atomic E-state index is 14.4. The van der Waals surface area contributed by atoms with Gasteiger partial charge in [-0.3, -0.25) is 14.6 Å². The number of aromatic nitrogens is 2. The maximum Gasteiger partial charge on any atom is 0.256 e. The summed E-state index contributed by atoms with van der Waals surface area (Å²) in [5, 5.41) is 1.17. The second kappa shape index (κ2) is 11.1. The minimum absolute atomic E-state index is 0.00210. The van der Waals surface area contributed by atoms with Crippen molar-refractivity contribution in [2.45, 2.75) is 53.0 Å². The van der Waals surface area contributed by atoms with Crippen molar-refractivity contribution < 1.29 is 14.0 Å². The van der Waals surface area contributed by atoms with Crippen LogP contribution in [0.25, 0.3) is 16.6 Å². The van der Waals surface area contributed by atoms with Crippen LogP contribution in [0.15, 0.2) is 36.8 Å². The van der Waals surface area contributed by atoms with Gasteiger partial charge in [-0.05, 0) is 88.4 Å². The van der Waals surface area contributed by atoms with Gasteiger partial charge in [0.1, 0.15) is 5.82 Å². The Bertz CT molecular complexity index is 1370. The highest BCUT2D eigenvalue weighted by atomic mass is 19.1. The van der Waals surface area contributed by atoms with Gasteiger partial charge in [-0.2, -0.15) is 0 Å². The van der Waals surface area contributed by atoms with Crippen molar-refractivity contribution in [3.8, 4) is 5.69 Å². The van der Waals surface area contributed by atoms with Crippen LogP contribution >= 0.6 is 0 Å². The summed E-state index contributed by atoms with van der Waals surface area (Å²) in [6, 6.07) is 4.47. The van der Waals surface area contributed by atoms with Crippen LogP contribution in [0.4, 0.5) is 4.39 Å². The fourth-order valence-corrected chi connectivity index (χ4v) is 6.10. The predicted molar refractivity (Wildman–Crippen MR) is 152 cm³/mol. The van der Waals surface area contributed by atoms with Crippen LogP contribution in [-0.2, 0) is 11.2 Å². The molecule has 0 unspecified atom stereocenters. The average Bonchev–Trinajstić information content (AvgIpc) is 3.24. The van der Waals surface area contributed by atoms with Crippen LogP contribution in [0.2, 0.25) is 0 Å². The molecule has 0 N–H and O–H groups in total. The Kier molecular flexibility index (Phi) is 7.76. The zero-order valence-corrected chi connectivity index (χ0v) is 23.8. The molecule has 0 bridgehead atoms. The molecule has 2 fully saturated rings. The van der Waals surface area contributed by atoms with Gasteiger partial charge in [-0.15, -0.1) is 0 Å². The van der Waals surface area contributed by atoms with Gasteiger partial charge in [0.15, 0.2) is 0 Å². The molecule has 2 aliphatic rings. The summed E-state index contributed by atoms with van der Waals surface area (Å²) >= 11 is 0. The van der Waals surface area contributed by atoms with E-state index >= 15 is 0 Å². The molecule has 0 aliphatic carbocycles. The molecule has 4 heterocycles. The molecular formula is C31H40FN5O2. The Hall–Kier alpha value is -3.26. The van der Waals surface area contributed by atoms with E-state index in [9.17, 15) is 14.0 Å². The van der Waals surface area contributed by atoms with Crippen LogP contribution in [-0.4, -0.2) is 81.9 Å². The molecular weight excluding hydrogens is 493 g/mol. The third kappa shape index (κ3) is 5.57. The number of rotatable bonds is 7. The van der Waals surface area contributed by atoms with E-state index in [1.165, 1.54) is 23.1 Å². The first-order valence-corrected chi connectivity index (χ1v) is 14.1. The lowest BCUT2D eigenvalue weighted by atomic mass is 9.89. The van der Waals surface area contributed by atoms with E-state index in [1.54, 1.807) is 24.9 Å². The van der Waals surface area contributed by atoms with E-state index in [0.29, 0.717) is 23.1 Å². The molecule has 0 radical (unpaired) electrons. The molecule has 5 rings (SSSR count). The Morgan fingerprint density at radius 3 is 2.51 bits per heavy atom. The number of halogens is 1. The summed E-state index contributed by atoms with van der Waals surface area (Å²) < 4.78 is 16.4. The Morgan fingerprint density at radius 1 is 1.13 bits per heavy atom. The summed E-state index contributed by atoms with van der Waals surface area (Å²) in [7, 11) is 1.75. The van der Waals surface area contributed by atoms with E-state index in [4.69, 9.17) is 0 Å². The zero-order valence-electron chi connectivity index (χ0n) is 23.8. The molecule has 39 heavy (non-hydrogen) atoms. The zero-order chi connectivity index (χ0) is 27.8. The lowest BCUT2D eigenvalue weighted by Crippen LogP contribution is -2.53. The molecule has 2 aliphatic heterocycles. The molecule has 0 saturated carbocycles. The number of piperidine rings is 1. The van der Waals surface area contributed by atoms with Gasteiger partial charge >= 0.3 is 0 Å². The van der Waals surface area contributed by atoms with Gasteiger partial charge in [0.05, 0.1) is 23.0 Å². The summed E-state index contributed by atoms with van der Waals surface area (Å²) in [4.78, 5) is 35.4. The average molecular weight is 534 g/mol. The van der Waals surface area contributed by atoms with Crippen molar-refractivity contribution in [1.29, 1.82) is 0 Å². The van der Waals surface area contributed by atoms with E-state index in [2.05, 4.69) is 23.0 Å². The van der Waals surface area contributed by atoms with Crippen LogP contribution in [0.1, 0.15) is 55.1 Å². The quantitative estimate of drug-likeness (QED) is 0.442. The monoisotopic (exact) mass is 533 g/mol. The number of nitrogens with zero attached hydrogens (tertiary/aromatic N) is 5. The van der Waals surface area contributed by atoms with Gasteiger partial charge in [-0.1, -0.05) is 0 Å². The lowest BCUT2D eigenvalue weighted by Gasteiger charge is -2.42. The largest absolute Gasteiger partial charge is 0.342 e. The van der Waals surface area contributed by atoms with Gasteiger partial charge in [0.2, 0.25) is 5.91 Å². The Labute approximate surface area is 230 Å². The molecule has 3 aromatic rings. The first-order chi connectivity index (χ1) is 18.6. The summed E-state index contributed by atoms with van der Waals surface area (Å²) in [6.07, 6.45) is 9.11. The van der Waals surface area contributed by atoms with Crippen LogP contribution in [0.5, 0.6) is 0 Å². The number of pyridine rings is 1. The molecule has 2 aromatic heterocycles. The summed E-state index contributed by atoms with van der Waals surface area (Å²) in [5.41, 5.74) is 4.32. The highest BCUT2D eigenvalue weighted by molar-refractivity contribution is 5.99. The number of benzene rings is 1. The maximum atomic E-state index is 14.4. The van der Waals surface area contributed by atoms with Gasteiger partial charge in [-0.25, -0.2) is 4.39 Å². The van der Waals surface area contributed by atoms with Crippen molar-refractivity contribution in [3.05, 3.63) is 59.3 Å². The number of amides is 2. The van der Waals surface area contributed by atoms with Crippen molar-refractivity contribution >= 4 is 22.7 Å². The van der Waals surface area contributed by atoms with Crippen molar-refractivity contribution in [3.63, 3.8) is 0 Å². The standard InChI is InChI=1S/C31H40FN5O2/c1-20(2)34(5)31(39)27-13-26(32)6-7-28(27)37-19-25(30-21(3)14-33-15-29(30)37)12-23-8-10-35(11-9-23)16-24-17-36(18-24)22(4)38/h6-7,13-15,19-20,23-24H,8-12,16-18H2,1-5H3.